The van der Waals surface area contributed by atoms with Crippen LogP contribution in [0, 0.1) is 0 Å². The largest absolute Gasteiger partial charge is 0.489 e. The molecular formula is C20H22O4. The van der Waals surface area contributed by atoms with E-state index in [9.17, 15) is 4.79 Å². The molecule has 0 atom stereocenters. The van der Waals surface area contributed by atoms with E-state index in [0.29, 0.717) is 32.7 Å². The Balaban J connectivity index is 1.81. The van der Waals surface area contributed by atoms with Crippen molar-refractivity contribution >= 4 is 5.97 Å². The van der Waals surface area contributed by atoms with Crippen LogP contribution in [-0.2, 0) is 26.3 Å². The van der Waals surface area contributed by atoms with Crippen LogP contribution in [0.2, 0.25) is 0 Å². The minimum Gasteiger partial charge on any atom is -0.489 e. The van der Waals surface area contributed by atoms with Gasteiger partial charge >= 0.3 is 5.97 Å². The van der Waals surface area contributed by atoms with Crippen LogP contribution in [0.3, 0.4) is 0 Å². The lowest BCUT2D eigenvalue weighted by Gasteiger charge is -2.35. The van der Waals surface area contributed by atoms with E-state index in [0.717, 1.165) is 16.9 Å². The summed E-state index contributed by atoms with van der Waals surface area (Å²) in [5, 5.41) is 0. The second-order valence-corrected chi connectivity index (χ2v) is 5.99. The Morgan fingerprint density at radius 1 is 1.08 bits per heavy atom. The van der Waals surface area contributed by atoms with Gasteiger partial charge in [-0.1, -0.05) is 42.5 Å². The number of esters is 1. The van der Waals surface area contributed by atoms with Crippen molar-refractivity contribution in [3.63, 3.8) is 0 Å². The summed E-state index contributed by atoms with van der Waals surface area (Å²) in [7, 11) is 1.44. The molecule has 1 saturated heterocycles. The lowest BCUT2D eigenvalue weighted by atomic mass is 9.74. The molecule has 24 heavy (non-hydrogen) atoms. The van der Waals surface area contributed by atoms with E-state index >= 15 is 0 Å². The van der Waals surface area contributed by atoms with Crippen LogP contribution < -0.4 is 4.74 Å². The smallest absolute Gasteiger partial charge is 0.316 e. The number of methoxy groups -OCH3 is 1. The number of benzene rings is 2. The van der Waals surface area contributed by atoms with E-state index < -0.39 is 5.41 Å². The maximum Gasteiger partial charge on any atom is 0.316 e. The zero-order chi connectivity index (χ0) is 16.8. The number of carbonyl (C=O) groups excluding carboxylic acids is 1. The average molecular weight is 326 g/mol. The summed E-state index contributed by atoms with van der Waals surface area (Å²) in [4.78, 5) is 12.5. The van der Waals surface area contributed by atoms with E-state index in [-0.39, 0.29) is 5.97 Å². The van der Waals surface area contributed by atoms with Crippen LogP contribution in [0.25, 0.3) is 0 Å². The van der Waals surface area contributed by atoms with Crippen molar-refractivity contribution in [2.75, 3.05) is 20.3 Å². The predicted molar refractivity (Wildman–Crippen MR) is 91.0 cm³/mol. The molecule has 0 unspecified atom stereocenters. The molecule has 2 aromatic carbocycles. The number of hydrogen-bond donors (Lipinski definition) is 0. The van der Waals surface area contributed by atoms with Crippen LogP contribution in [-0.4, -0.2) is 26.3 Å². The van der Waals surface area contributed by atoms with Gasteiger partial charge in [-0.25, -0.2) is 0 Å². The number of carbonyl (C=O) groups is 1. The monoisotopic (exact) mass is 326 g/mol. The highest BCUT2D eigenvalue weighted by atomic mass is 16.5. The van der Waals surface area contributed by atoms with Gasteiger partial charge in [0, 0.05) is 13.2 Å². The van der Waals surface area contributed by atoms with Crippen molar-refractivity contribution in [2.45, 2.75) is 24.9 Å². The lowest BCUT2D eigenvalue weighted by Crippen LogP contribution is -2.42. The summed E-state index contributed by atoms with van der Waals surface area (Å²) in [5.41, 5.74) is 1.40. The Hall–Kier alpha value is -2.33. The average Bonchev–Trinajstić information content (AvgIpc) is 2.67. The molecule has 126 valence electrons. The molecule has 1 heterocycles. The van der Waals surface area contributed by atoms with Gasteiger partial charge in [0.15, 0.2) is 0 Å². The molecule has 0 aromatic heterocycles. The molecular weight excluding hydrogens is 304 g/mol. The molecule has 0 spiro atoms. The molecule has 2 aromatic rings. The summed E-state index contributed by atoms with van der Waals surface area (Å²) in [6.07, 6.45) is 1.25. The maximum absolute atomic E-state index is 12.5. The van der Waals surface area contributed by atoms with E-state index in [1.807, 2.05) is 54.6 Å². The third-order valence-corrected chi connectivity index (χ3v) is 4.56. The molecule has 0 bridgehead atoms. The standard InChI is InChI=1S/C20H22O4/c1-22-19(21)20(10-12-23-13-11-20)17-8-5-9-18(14-17)24-15-16-6-3-2-4-7-16/h2-9,14H,10-13,15H2,1H3. The van der Waals surface area contributed by atoms with Crippen LogP contribution in [0.15, 0.2) is 54.6 Å². The molecule has 4 nitrogen and oxygen atoms in total. The molecule has 0 saturated carbocycles. The molecule has 4 heteroatoms. The first-order valence-corrected chi connectivity index (χ1v) is 8.18. The van der Waals surface area contributed by atoms with Crippen LogP contribution in [0.5, 0.6) is 5.75 Å². The van der Waals surface area contributed by atoms with Gasteiger partial charge in [-0.05, 0) is 36.1 Å². The second kappa shape index (κ2) is 7.49. The van der Waals surface area contributed by atoms with E-state index in [1.54, 1.807) is 0 Å². The number of hydrogen-bond acceptors (Lipinski definition) is 4. The first-order chi connectivity index (χ1) is 11.7. The number of ether oxygens (including phenoxy) is 3. The Labute approximate surface area is 142 Å². The zero-order valence-electron chi connectivity index (χ0n) is 13.9. The molecule has 0 aliphatic carbocycles. The van der Waals surface area contributed by atoms with Gasteiger partial charge in [0.1, 0.15) is 12.4 Å². The summed E-state index contributed by atoms with van der Waals surface area (Å²) >= 11 is 0. The van der Waals surface area contributed by atoms with Gasteiger partial charge in [0.25, 0.3) is 0 Å². The van der Waals surface area contributed by atoms with Crippen molar-refractivity contribution in [2.24, 2.45) is 0 Å². The molecule has 3 rings (SSSR count). The Morgan fingerprint density at radius 3 is 2.54 bits per heavy atom. The van der Waals surface area contributed by atoms with Gasteiger partial charge < -0.3 is 14.2 Å². The molecule has 0 radical (unpaired) electrons. The topological polar surface area (TPSA) is 44.8 Å². The third-order valence-electron chi connectivity index (χ3n) is 4.56. The Bertz CT molecular complexity index is 675. The summed E-state index contributed by atoms with van der Waals surface area (Å²) in [5.74, 6) is 0.553. The minimum absolute atomic E-state index is 0.203. The summed E-state index contributed by atoms with van der Waals surface area (Å²) in [6, 6.07) is 17.8. The van der Waals surface area contributed by atoms with Crippen molar-refractivity contribution < 1.29 is 19.0 Å². The van der Waals surface area contributed by atoms with E-state index in [1.165, 1.54) is 7.11 Å². The van der Waals surface area contributed by atoms with Crippen LogP contribution in [0.1, 0.15) is 24.0 Å². The van der Waals surface area contributed by atoms with Crippen LogP contribution >= 0.6 is 0 Å². The van der Waals surface area contributed by atoms with Gasteiger partial charge in [0.2, 0.25) is 0 Å². The van der Waals surface area contributed by atoms with Crippen molar-refractivity contribution in [1.29, 1.82) is 0 Å². The molecule has 0 N–H and O–H groups in total. The van der Waals surface area contributed by atoms with Gasteiger partial charge in [0.05, 0.1) is 12.5 Å². The van der Waals surface area contributed by atoms with Crippen molar-refractivity contribution in [3.05, 3.63) is 65.7 Å². The highest BCUT2D eigenvalue weighted by Gasteiger charge is 2.43. The first kappa shape index (κ1) is 16.5. The normalized spacial score (nSPS) is 16.4. The molecule has 1 aliphatic rings. The predicted octanol–water partition coefficient (Wildman–Crippen LogP) is 3.49. The second-order valence-electron chi connectivity index (χ2n) is 5.99. The van der Waals surface area contributed by atoms with Gasteiger partial charge in [-0.3, -0.25) is 4.79 Å². The fraction of sp³-hybridized carbons (Fsp3) is 0.350. The van der Waals surface area contributed by atoms with E-state index in [4.69, 9.17) is 14.2 Å². The molecule has 0 amide bonds. The SMILES string of the molecule is COC(=O)C1(c2cccc(OCc3ccccc3)c2)CCOCC1. The van der Waals surface area contributed by atoms with E-state index in [2.05, 4.69) is 0 Å². The van der Waals surface area contributed by atoms with Crippen LogP contribution in [0.4, 0.5) is 0 Å². The summed E-state index contributed by atoms with van der Waals surface area (Å²) in [6.45, 7) is 1.62. The Kier molecular flexibility index (Phi) is 5.16. The highest BCUT2D eigenvalue weighted by Crippen LogP contribution is 2.37. The summed E-state index contributed by atoms with van der Waals surface area (Å²) < 4.78 is 16.4. The highest BCUT2D eigenvalue weighted by molar-refractivity contribution is 5.83. The lowest BCUT2D eigenvalue weighted by molar-refractivity contribution is -0.151. The van der Waals surface area contributed by atoms with Gasteiger partial charge in [-0.15, -0.1) is 0 Å². The fourth-order valence-electron chi connectivity index (χ4n) is 3.15. The molecule has 1 fully saturated rings. The quantitative estimate of drug-likeness (QED) is 0.789. The number of rotatable bonds is 5. The minimum atomic E-state index is -0.640. The van der Waals surface area contributed by atoms with Crippen molar-refractivity contribution in [3.8, 4) is 5.75 Å². The first-order valence-electron chi connectivity index (χ1n) is 8.18. The maximum atomic E-state index is 12.5. The molecule has 1 aliphatic heterocycles. The zero-order valence-corrected chi connectivity index (χ0v) is 13.9. The van der Waals surface area contributed by atoms with Crippen molar-refractivity contribution in [1.82, 2.24) is 0 Å². The fourth-order valence-corrected chi connectivity index (χ4v) is 3.15. The Morgan fingerprint density at radius 2 is 1.83 bits per heavy atom. The third kappa shape index (κ3) is 3.44. The van der Waals surface area contributed by atoms with Gasteiger partial charge in [-0.2, -0.15) is 0 Å².